The molecule has 0 aliphatic carbocycles. The number of hydrogen-bond donors (Lipinski definition) is 2. The highest BCUT2D eigenvalue weighted by atomic mass is 16.3. The zero-order valence-corrected chi connectivity index (χ0v) is 11.1. The highest BCUT2D eigenvalue weighted by Gasteiger charge is 2.06. The number of aromatic nitrogens is 2. The van der Waals surface area contributed by atoms with Crippen LogP contribution in [0.2, 0.25) is 0 Å². The number of H-pyrrole nitrogens is 2. The van der Waals surface area contributed by atoms with Crippen molar-refractivity contribution in [2.75, 3.05) is 0 Å². The molecule has 4 heteroatoms. The molecule has 2 heterocycles. The molecule has 0 amide bonds. The van der Waals surface area contributed by atoms with Gasteiger partial charge in [-0.2, -0.15) is 0 Å². The summed E-state index contributed by atoms with van der Waals surface area (Å²) in [6, 6.07) is 13.8. The number of nitrogens with one attached hydrogen (secondary N) is 2. The van der Waals surface area contributed by atoms with Crippen molar-refractivity contribution in [1.82, 2.24) is 9.97 Å². The lowest BCUT2D eigenvalue weighted by molar-refractivity contribution is 0.669. The standard InChI is InChI=1S/C17H12N2O2/c1-10-18-14(17(20)19-10)9-11-6-7-16-13(8-11)12-4-2-3-5-15(12)21-16/h2-9,18H,1H2,(H,19,20)/b14-9-. The summed E-state index contributed by atoms with van der Waals surface area (Å²) in [5.74, 6) is 0. The fourth-order valence-electron chi connectivity index (χ4n) is 2.56. The molecule has 0 fully saturated rings. The van der Waals surface area contributed by atoms with Crippen molar-refractivity contribution in [3.63, 3.8) is 0 Å². The van der Waals surface area contributed by atoms with Crippen LogP contribution in [0.4, 0.5) is 0 Å². The fourth-order valence-corrected chi connectivity index (χ4v) is 2.56. The first kappa shape index (κ1) is 11.8. The molecule has 4 aromatic rings. The summed E-state index contributed by atoms with van der Waals surface area (Å²) in [5.41, 5.74) is 2.97. The van der Waals surface area contributed by atoms with Crippen molar-refractivity contribution < 1.29 is 4.42 Å². The molecule has 0 bridgehead atoms. The number of hydrogen-bond acceptors (Lipinski definition) is 2. The summed E-state index contributed by atoms with van der Waals surface area (Å²) in [4.78, 5) is 17.2. The van der Waals surface area contributed by atoms with E-state index in [1.54, 1.807) is 6.08 Å². The molecule has 0 aliphatic rings. The van der Waals surface area contributed by atoms with E-state index in [-0.39, 0.29) is 5.56 Å². The van der Waals surface area contributed by atoms with Gasteiger partial charge in [-0.25, -0.2) is 0 Å². The largest absolute Gasteiger partial charge is 0.456 e. The maximum Gasteiger partial charge on any atom is 0.273 e. The normalized spacial score (nSPS) is 12.5. The van der Waals surface area contributed by atoms with Gasteiger partial charge in [0.2, 0.25) is 0 Å². The quantitative estimate of drug-likeness (QED) is 0.557. The third kappa shape index (κ3) is 1.89. The number of para-hydroxylation sites is 1. The molecule has 0 unspecified atom stereocenters. The molecule has 0 atom stereocenters. The molecule has 4 rings (SSSR count). The Labute approximate surface area is 119 Å². The lowest BCUT2D eigenvalue weighted by Gasteiger charge is -1.93. The van der Waals surface area contributed by atoms with Crippen molar-refractivity contribution >= 4 is 34.6 Å². The molecule has 0 radical (unpaired) electrons. The Hall–Kier alpha value is -3.01. The molecule has 4 nitrogen and oxygen atoms in total. The Balaban J connectivity index is 2.01. The molecule has 21 heavy (non-hydrogen) atoms. The van der Waals surface area contributed by atoms with Gasteiger partial charge in [0, 0.05) is 10.8 Å². The van der Waals surface area contributed by atoms with Gasteiger partial charge in [0.05, 0.1) is 0 Å². The molecule has 0 aliphatic heterocycles. The van der Waals surface area contributed by atoms with Gasteiger partial charge >= 0.3 is 0 Å². The van der Waals surface area contributed by atoms with E-state index in [0.717, 1.165) is 27.5 Å². The van der Waals surface area contributed by atoms with Gasteiger partial charge in [-0.15, -0.1) is 0 Å². The predicted octanol–water partition coefficient (Wildman–Crippen LogP) is 1.84. The average molecular weight is 276 g/mol. The van der Waals surface area contributed by atoms with Gasteiger partial charge in [-0.1, -0.05) is 30.8 Å². The van der Waals surface area contributed by atoms with Crippen molar-refractivity contribution in [3.8, 4) is 0 Å². The molecular weight excluding hydrogens is 264 g/mol. The number of furan rings is 1. The summed E-state index contributed by atoms with van der Waals surface area (Å²) in [6.07, 6.45) is 1.80. The highest BCUT2D eigenvalue weighted by molar-refractivity contribution is 6.05. The summed E-state index contributed by atoms with van der Waals surface area (Å²) in [7, 11) is 0. The predicted molar refractivity (Wildman–Crippen MR) is 83.5 cm³/mol. The average Bonchev–Trinajstić information content (AvgIpc) is 2.99. The van der Waals surface area contributed by atoms with Crippen LogP contribution < -0.4 is 16.4 Å². The van der Waals surface area contributed by atoms with Gasteiger partial charge in [0.1, 0.15) is 22.0 Å². The van der Waals surface area contributed by atoms with Crippen LogP contribution in [0.25, 0.3) is 34.6 Å². The SMILES string of the molecule is C=c1[nH]c(=O)/c(=C/c2ccc3oc4ccccc4c3c2)[nH]1. The number of imidazole rings is 1. The Morgan fingerprint density at radius 1 is 1.00 bits per heavy atom. The number of rotatable bonds is 1. The summed E-state index contributed by atoms with van der Waals surface area (Å²) in [6.45, 7) is 3.68. The van der Waals surface area contributed by atoms with Gasteiger partial charge < -0.3 is 14.4 Å². The van der Waals surface area contributed by atoms with Crippen molar-refractivity contribution in [3.05, 3.63) is 69.2 Å². The van der Waals surface area contributed by atoms with Gasteiger partial charge in [0.25, 0.3) is 5.56 Å². The summed E-state index contributed by atoms with van der Waals surface area (Å²) in [5, 5.41) is 2.60. The Bertz CT molecular complexity index is 1130. The third-order valence-electron chi connectivity index (χ3n) is 3.51. The number of benzene rings is 2. The summed E-state index contributed by atoms with van der Waals surface area (Å²) < 4.78 is 5.79. The van der Waals surface area contributed by atoms with Gasteiger partial charge in [0.15, 0.2) is 0 Å². The smallest absolute Gasteiger partial charge is 0.273 e. The lowest BCUT2D eigenvalue weighted by atomic mass is 10.1. The van der Waals surface area contributed by atoms with E-state index in [4.69, 9.17) is 4.42 Å². The second-order valence-electron chi connectivity index (χ2n) is 4.97. The molecule has 2 aromatic carbocycles. The van der Waals surface area contributed by atoms with Crippen LogP contribution in [0.3, 0.4) is 0 Å². The molecular formula is C17H12N2O2. The van der Waals surface area contributed by atoms with E-state index in [0.29, 0.717) is 10.8 Å². The Morgan fingerprint density at radius 3 is 2.62 bits per heavy atom. The first-order chi connectivity index (χ1) is 10.2. The highest BCUT2D eigenvalue weighted by Crippen LogP contribution is 2.29. The molecule has 2 N–H and O–H groups in total. The molecule has 0 saturated heterocycles. The van der Waals surface area contributed by atoms with Crippen molar-refractivity contribution in [1.29, 1.82) is 0 Å². The zero-order valence-electron chi connectivity index (χ0n) is 11.1. The molecule has 0 saturated carbocycles. The monoisotopic (exact) mass is 276 g/mol. The minimum Gasteiger partial charge on any atom is -0.456 e. The number of aromatic amines is 2. The van der Waals surface area contributed by atoms with Crippen LogP contribution in [-0.4, -0.2) is 9.97 Å². The first-order valence-corrected chi connectivity index (χ1v) is 6.61. The van der Waals surface area contributed by atoms with Crippen LogP contribution in [-0.2, 0) is 0 Å². The Kier molecular flexibility index (Phi) is 2.38. The van der Waals surface area contributed by atoms with E-state index in [9.17, 15) is 4.79 Å². The van der Waals surface area contributed by atoms with Gasteiger partial charge in [-0.3, -0.25) is 4.79 Å². The van der Waals surface area contributed by atoms with Crippen molar-refractivity contribution in [2.24, 2.45) is 0 Å². The third-order valence-corrected chi connectivity index (χ3v) is 3.51. The number of fused-ring (bicyclic) bond motifs is 3. The minimum atomic E-state index is -0.169. The first-order valence-electron chi connectivity index (χ1n) is 6.61. The van der Waals surface area contributed by atoms with Crippen LogP contribution in [0.1, 0.15) is 5.56 Å². The van der Waals surface area contributed by atoms with Crippen LogP contribution in [0.5, 0.6) is 0 Å². The van der Waals surface area contributed by atoms with Crippen LogP contribution in [0.15, 0.2) is 51.7 Å². The molecule has 0 spiro atoms. The topological polar surface area (TPSA) is 61.8 Å². The van der Waals surface area contributed by atoms with Gasteiger partial charge in [-0.05, 0) is 29.8 Å². The van der Waals surface area contributed by atoms with E-state index < -0.39 is 0 Å². The van der Waals surface area contributed by atoms with Crippen LogP contribution in [0, 0.1) is 0 Å². The molecule has 102 valence electrons. The Morgan fingerprint density at radius 2 is 1.81 bits per heavy atom. The van der Waals surface area contributed by atoms with E-state index in [1.807, 2.05) is 42.5 Å². The zero-order chi connectivity index (χ0) is 14.4. The van der Waals surface area contributed by atoms with E-state index in [2.05, 4.69) is 16.5 Å². The second kappa shape index (κ2) is 4.24. The van der Waals surface area contributed by atoms with Crippen molar-refractivity contribution in [2.45, 2.75) is 0 Å². The summed E-state index contributed by atoms with van der Waals surface area (Å²) >= 11 is 0. The lowest BCUT2D eigenvalue weighted by Crippen LogP contribution is -2.22. The molecule has 2 aromatic heterocycles. The maximum atomic E-state index is 11.7. The van der Waals surface area contributed by atoms with E-state index >= 15 is 0 Å². The second-order valence-corrected chi connectivity index (χ2v) is 4.97. The minimum absolute atomic E-state index is 0.169. The fraction of sp³-hybridized carbons (Fsp3) is 0. The maximum absolute atomic E-state index is 11.7. The van der Waals surface area contributed by atoms with Crippen LogP contribution >= 0.6 is 0 Å². The van der Waals surface area contributed by atoms with E-state index in [1.165, 1.54) is 0 Å².